The quantitative estimate of drug-likeness (QED) is 0.433. The third-order valence-electron chi connectivity index (χ3n) is 5.76. The molecule has 0 fully saturated rings. The van der Waals surface area contributed by atoms with Gasteiger partial charge >= 0.3 is 0 Å². The predicted octanol–water partition coefficient (Wildman–Crippen LogP) is 4.46. The fourth-order valence-corrected chi connectivity index (χ4v) is 3.69. The van der Waals surface area contributed by atoms with Gasteiger partial charge in [-0.15, -0.1) is 5.10 Å². The van der Waals surface area contributed by atoms with Gasteiger partial charge < -0.3 is 4.57 Å². The molecule has 1 aromatic carbocycles. The fourth-order valence-electron chi connectivity index (χ4n) is 3.69. The van der Waals surface area contributed by atoms with Gasteiger partial charge in [-0.05, 0) is 60.0 Å². The molecule has 4 aromatic rings. The molecule has 0 saturated heterocycles. The van der Waals surface area contributed by atoms with Crippen molar-refractivity contribution in [1.82, 2.24) is 40.0 Å². The zero-order valence-electron chi connectivity index (χ0n) is 18.7. The van der Waals surface area contributed by atoms with Crippen LogP contribution < -0.4 is 0 Å². The van der Waals surface area contributed by atoms with Crippen LogP contribution in [0.25, 0.3) is 17.2 Å². The van der Waals surface area contributed by atoms with Crippen molar-refractivity contribution in [2.75, 3.05) is 0 Å². The third-order valence-corrected chi connectivity index (χ3v) is 5.76. The molecular weight excluding hydrogens is 388 g/mol. The number of H-pyrrole nitrogens is 1. The minimum Gasteiger partial charge on any atom is -0.311 e. The predicted molar refractivity (Wildman–Crippen MR) is 120 cm³/mol. The van der Waals surface area contributed by atoms with E-state index in [0.717, 1.165) is 61.0 Å². The Bertz CT molecular complexity index is 1110. The van der Waals surface area contributed by atoms with E-state index in [4.69, 9.17) is 10.1 Å². The molecule has 1 atom stereocenters. The minimum atomic E-state index is 0.379. The summed E-state index contributed by atoms with van der Waals surface area (Å²) in [5.74, 6) is 3.07. The van der Waals surface area contributed by atoms with E-state index >= 15 is 0 Å². The molecule has 0 aliphatic rings. The smallest absolute Gasteiger partial charge is 0.196 e. The molecule has 0 saturated carbocycles. The van der Waals surface area contributed by atoms with Crippen LogP contribution in [0.2, 0.25) is 0 Å². The lowest BCUT2D eigenvalue weighted by molar-refractivity contribution is 0.602. The summed E-state index contributed by atoms with van der Waals surface area (Å²) < 4.78 is 4.23. The van der Waals surface area contributed by atoms with Crippen LogP contribution in [-0.2, 0) is 13.0 Å². The van der Waals surface area contributed by atoms with Crippen LogP contribution in [0.5, 0.6) is 0 Å². The van der Waals surface area contributed by atoms with Gasteiger partial charge in [0, 0.05) is 23.7 Å². The SMILES string of the molecule is CCCCc1nc(C(C)CC)nn1Cc1ccc(-n2c(C)ccc2-c2nnn[nH]2)cc1. The Labute approximate surface area is 182 Å². The van der Waals surface area contributed by atoms with Gasteiger partial charge in [-0.1, -0.05) is 39.3 Å². The topological polar surface area (TPSA) is 90.1 Å². The Hall–Kier alpha value is -3.29. The minimum absolute atomic E-state index is 0.379. The molecule has 4 rings (SSSR count). The van der Waals surface area contributed by atoms with Crippen molar-refractivity contribution in [3.8, 4) is 17.2 Å². The molecule has 3 aromatic heterocycles. The summed E-state index contributed by atoms with van der Waals surface area (Å²) in [5, 5.41) is 19.2. The maximum Gasteiger partial charge on any atom is 0.196 e. The number of aromatic nitrogens is 8. The van der Waals surface area contributed by atoms with Gasteiger partial charge in [0.15, 0.2) is 11.6 Å². The van der Waals surface area contributed by atoms with Crippen molar-refractivity contribution in [3.63, 3.8) is 0 Å². The first-order valence-electron chi connectivity index (χ1n) is 11.1. The number of unbranched alkanes of at least 4 members (excludes halogenated alkanes) is 1. The van der Waals surface area contributed by atoms with E-state index in [1.807, 2.05) is 6.07 Å². The van der Waals surface area contributed by atoms with Crippen LogP contribution >= 0.6 is 0 Å². The van der Waals surface area contributed by atoms with Crippen molar-refractivity contribution >= 4 is 0 Å². The number of tetrazole rings is 1. The number of nitrogens with zero attached hydrogens (tertiary/aromatic N) is 7. The van der Waals surface area contributed by atoms with E-state index in [2.05, 4.69) is 87.9 Å². The molecule has 0 amide bonds. The van der Waals surface area contributed by atoms with Crippen LogP contribution in [0.1, 0.15) is 68.9 Å². The fraction of sp³-hybridized carbons (Fsp3) is 0.435. The second-order valence-corrected chi connectivity index (χ2v) is 8.07. The van der Waals surface area contributed by atoms with Crippen LogP contribution in [0, 0.1) is 6.92 Å². The van der Waals surface area contributed by atoms with Crippen molar-refractivity contribution in [1.29, 1.82) is 0 Å². The first-order valence-corrected chi connectivity index (χ1v) is 11.1. The molecule has 0 aliphatic carbocycles. The van der Waals surface area contributed by atoms with Gasteiger partial charge in [-0.2, -0.15) is 5.10 Å². The van der Waals surface area contributed by atoms with E-state index in [1.165, 1.54) is 5.56 Å². The summed E-state index contributed by atoms with van der Waals surface area (Å²) in [6.45, 7) is 9.39. The van der Waals surface area contributed by atoms with Crippen molar-refractivity contribution in [2.24, 2.45) is 0 Å². The number of aromatic amines is 1. The highest BCUT2D eigenvalue weighted by molar-refractivity contribution is 5.56. The molecule has 0 bridgehead atoms. The summed E-state index contributed by atoms with van der Waals surface area (Å²) in [6.07, 6.45) is 4.30. The van der Waals surface area contributed by atoms with Gasteiger partial charge in [0.05, 0.1) is 12.2 Å². The number of hydrogen-bond acceptors (Lipinski definition) is 5. The second-order valence-electron chi connectivity index (χ2n) is 8.07. The lowest BCUT2D eigenvalue weighted by Crippen LogP contribution is -2.08. The molecule has 0 aliphatic heterocycles. The van der Waals surface area contributed by atoms with Gasteiger partial charge in [0.1, 0.15) is 5.82 Å². The van der Waals surface area contributed by atoms with Crippen LogP contribution in [-0.4, -0.2) is 40.0 Å². The first-order chi connectivity index (χ1) is 15.1. The van der Waals surface area contributed by atoms with Crippen molar-refractivity contribution < 1.29 is 0 Å². The highest BCUT2D eigenvalue weighted by Crippen LogP contribution is 2.24. The van der Waals surface area contributed by atoms with E-state index in [0.29, 0.717) is 11.7 Å². The van der Waals surface area contributed by atoms with E-state index in [9.17, 15) is 0 Å². The first kappa shape index (κ1) is 21.0. The molecular formula is C23H30N8. The zero-order chi connectivity index (χ0) is 21.8. The number of aryl methyl sites for hydroxylation is 2. The lowest BCUT2D eigenvalue weighted by Gasteiger charge is -2.11. The molecule has 162 valence electrons. The number of hydrogen-bond donors (Lipinski definition) is 1. The van der Waals surface area contributed by atoms with Gasteiger partial charge in [0.25, 0.3) is 0 Å². The normalized spacial score (nSPS) is 12.4. The number of nitrogens with one attached hydrogen (secondary N) is 1. The Balaban J connectivity index is 1.59. The Kier molecular flexibility index (Phi) is 6.25. The number of benzene rings is 1. The Morgan fingerprint density at radius 2 is 1.87 bits per heavy atom. The standard InChI is InChI=1S/C23H30N8/c1-5-7-8-21-24-22(16(3)6-2)27-30(21)15-18-10-12-19(13-11-18)31-17(4)9-14-20(31)23-25-28-29-26-23/h9-14,16H,5-8,15H2,1-4H3,(H,25,26,28,29). The highest BCUT2D eigenvalue weighted by atomic mass is 15.5. The van der Waals surface area contributed by atoms with Crippen LogP contribution in [0.4, 0.5) is 0 Å². The van der Waals surface area contributed by atoms with Crippen molar-refractivity contribution in [2.45, 2.75) is 65.8 Å². The van der Waals surface area contributed by atoms with Gasteiger partial charge in [0.2, 0.25) is 0 Å². The van der Waals surface area contributed by atoms with E-state index in [1.54, 1.807) is 0 Å². The average Bonchev–Trinajstić information content (AvgIpc) is 3.52. The average molecular weight is 419 g/mol. The monoisotopic (exact) mass is 418 g/mol. The molecule has 8 nitrogen and oxygen atoms in total. The van der Waals surface area contributed by atoms with E-state index < -0.39 is 0 Å². The molecule has 3 heterocycles. The summed E-state index contributed by atoms with van der Waals surface area (Å²) in [5.41, 5.74) is 4.33. The largest absolute Gasteiger partial charge is 0.311 e. The zero-order valence-corrected chi connectivity index (χ0v) is 18.7. The summed E-state index contributed by atoms with van der Waals surface area (Å²) in [6, 6.07) is 12.7. The third kappa shape index (κ3) is 4.42. The van der Waals surface area contributed by atoms with Crippen molar-refractivity contribution in [3.05, 3.63) is 59.3 Å². The maximum atomic E-state index is 4.85. The summed E-state index contributed by atoms with van der Waals surface area (Å²) >= 11 is 0. The van der Waals surface area contributed by atoms with Gasteiger partial charge in [-0.3, -0.25) is 0 Å². The molecule has 1 N–H and O–H groups in total. The van der Waals surface area contributed by atoms with Gasteiger partial charge in [-0.25, -0.2) is 14.8 Å². The summed E-state index contributed by atoms with van der Waals surface area (Å²) in [4.78, 5) is 4.85. The van der Waals surface area contributed by atoms with E-state index in [-0.39, 0.29) is 0 Å². The molecule has 1 unspecified atom stereocenters. The van der Waals surface area contributed by atoms with Crippen LogP contribution in [0.15, 0.2) is 36.4 Å². The Morgan fingerprint density at radius 3 is 2.55 bits per heavy atom. The highest BCUT2D eigenvalue weighted by Gasteiger charge is 2.15. The summed E-state index contributed by atoms with van der Waals surface area (Å²) in [7, 11) is 0. The molecule has 0 radical (unpaired) electrons. The molecule has 31 heavy (non-hydrogen) atoms. The van der Waals surface area contributed by atoms with Crippen LogP contribution in [0.3, 0.4) is 0 Å². The lowest BCUT2D eigenvalue weighted by atomic mass is 10.1. The Morgan fingerprint density at radius 1 is 1.06 bits per heavy atom. The second kappa shape index (κ2) is 9.24. The molecule has 8 heteroatoms. The number of rotatable bonds is 9. The maximum absolute atomic E-state index is 4.85. The molecule has 0 spiro atoms.